The highest BCUT2D eigenvalue weighted by Gasteiger charge is 2.43. The average molecular weight is 357 g/mol. The van der Waals surface area contributed by atoms with Crippen LogP contribution in [0.15, 0.2) is 55.2 Å². The van der Waals surface area contributed by atoms with Crippen LogP contribution in [0.3, 0.4) is 0 Å². The summed E-state index contributed by atoms with van der Waals surface area (Å²) >= 11 is 0. The first kappa shape index (κ1) is 17.6. The molecule has 1 aliphatic rings. The van der Waals surface area contributed by atoms with Gasteiger partial charge in [-0.1, -0.05) is 36.9 Å². The molecule has 1 aromatic heterocycles. The molecule has 0 spiro atoms. The fraction of sp³-hybridized carbons (Fsp3) is 0.250. The first-order chi connectivity index (χ1) is 12.9. The average Bonchev–Trinajstić information content (AvgIpc) is 3.52. The number of rotatable bonds is 4. The van der Waals surface area contributed by atoms with Crippen molar-refractivity contribution in [2.24, 2.45) is 5.92 Å². The van der Waals surface area contributed by atoms with Gasteiger partial charge in [-0.15, -0.1) is 0 Å². The summed E-state index contributed by atoms with van der Waals surface area (Å²) in [5, 5.41) is 2.19. The second kappa shape index (κ2) is 6.43. The molecule has 3 aromatic rings. The lowest BCUT2D eigenvalue weighted by Gasteiger charge is -2.25. The quantitative estimate of drug-likeness (QED) is 0.589. The first-order valence-electron chi connectivity index (χ1n) is 9.42. The number of carbonyl (C=O) groups excluding carboxylic acids is 1. The van der Waals surface area contributed by atoms with E-state index in [1.54, 1.807) is 0 Å². The van der Waals surface area contributed by atoms with Crippen molar-refractivity contribution in [1.29, 1.82) is 0 Å². The predicted octanol–water partition coefficient (Wildman–Crippen LogP) is 5.36. The molecule has 0 N–H and O–H groups in total. The minimum absolute atomic E-state index is 0.208. The zero-order valence-corrected chi connectivity index (χ0v) is 16.2. The van der Waals surface area contributed by atoms with E-state index in [4.69, 9.17) is 0 Å². The van der Waals surface area contributed by atoms with Crippen LogP contribution >= 0.6 is 0 Å². The highest BCUT2D eigenvalue weighted by molar-refractivity contribution is 5.94. The Morgan fingerprint density at radius 1 is 1.11 bits per heavy atom. The number of fused-ring (bicyclic) bond motifs is 1. The number of hydrogen-bond donors (Lipinski definition) is 0. The van der Waals surface area contributed by atoms with Crippen molar-refractivity contribution in [1.82, 2.24) is 9.47 Å². The van der Waals surface area contributed by atoms with E-state index in [0.717, 1.165) is 35.0 Å². The number of amides is 1. The van der Waals surface area contributed by atoms with E-state index in [9.17, 15) is 4.79 Å². The van der Waals surface area contributed by atoms with Gasteiger partial charge in [0.25, 0.3) is 0 Å². The Labute approximate surface area is 160 Å². The Morgan fingerprint density at radius 3 is 2.59 bits per heavy atom. The number of pyridine rings is 1. The number of aryl methyl sites for hydroxylation is 1. The Kier molecular flexibility index (Phi) is 4.20. The summed E-state index contributed by atoms with van der Waals surface area (Å²) in [7, 11) is 3.88. The lowest BCUT2D eigenvalue weighted by molar-refractivity contribution is -0.129. The number of hydrogen-bond acceptors (Lipinski definition) is 2. The number of carbonyl (C=O) groups is 1. The van der Waals surface area contributed by atoms with Gasteiger partial charge < -0.3 is 0 Å². The van der Waals surface area contributed by atoms with E-state index >= 15 is 0 Å². The van der Waals surface area contributed by atoms with Crippen LogP contribution in [0.4, 0.5) is 5.82 Å². The Morgan fingerprint density at radius 2 is 1.89 bits per heavy atom. The van der Waals surface area contributed by atoms with Crippen LogP contribution in [-0.2, 0) is 4.79 Å². The van der Waals surface area contributed by atoms with Gasteiger partial charge in [-0.2, -0.15) is 0 Å². The van der Waals surface area contributed by atoms with Crippen LogP contribution < -0.4 is 4.48 Å². The molecular formula is C24H25N2O+. The van der Waals surface area contributed by atoms with Crippen LogP contribution in [0.25, 0.3) is 28.0 Å². The molecule has 136 valence electrons. The molecule has 0 aliphatic heterocycles. The first-order valence-corrected chi connectivity index (χ1v) is 9.42. The summed E-state index contributed by atoms with van der Waals surface area (Å²) in [4.78, 5) is 17.3. The molecule has 0 saturated heterocycles. The summed E-state index contributed by atoms with van der Waals surface area (Å²) in [5.41, 5.74) is 4.72. The topological polar surface area (TPSA) is 30.0 Å². The van der Waals surface area contributed by atoms with E-state index in [0.29, 0.717) is 0 Å². The number of nitrogens with zero attached hydrogens (tertiary/aromatic N) is 2. The molecule has 27 heavy (non-hydrogen) atoms. The Balaban J connectivity index is 1.75. The predicted molar refractivity (Wildman–Crippen MR) is 113 cm³/mol. The van der Waals surface area contributed by atoms with Crippen molar-refractivity contribution in [3.63, 3.8) is 0 Å². The van der Waals surface area contributed by atoms with Crippen molar-refractivity contribution < 1.29 is 4.79 Å². The SMILES string of the molecule is C=Cc1ccc(C)c(-c2ccc3cc([N+](C)(C)C(=O)C4CC4)ncc3c2)c1. The summed E-state index contributed by atoms with van der Waals surface area (Å²) < 4.78 is 0.211. The Hall–Kier alpha value is -2.78. The standard InChI is InChI=1S/C24H25N2O/c1-5-17-7-6-16(2)22(12-17)20-11-10-19-14-23(25-15-21(19)13-20)26(3,4)24(27)18-8-9-18/h5-7,10-15,18H,1,8-9H2,2-4H3/q+1. The fourth-order valence-electron chi connectivity index (χ4n) is 3.58. The maximum atomic E-state index is 12.6. The number of aromatic nitrogens is 1. The number of quaternary nitrogens is 1. The smallest absolute Gasteiger partial charge is 0.230 e. The van der Waals surface area contributed by atoms with E-state index < -0.39 is 0 Å². The van der Waals surface area contributed by atoms with Gasteiger partial charge in [-0.05, 0) is 59.5 Å². The van der Waals surface area contributed by atoms with Crippen molar-refractivity contribution in [2.75, 3.05) is 14.1 Å². The third-order valence-electron chi connectivity index (χ3n) is 5.57. The molecule has 0 unspecified atom stereocenters. The largest absolute Gasteiger partial charge is 0.322 e. The molecule has 1 saturated carbocycles. The molecule has 3 heteroatoms. The second-order valence-corrected chi connectivity index (χ2v) is 7.95. The monoisotopic (exact) mass is 357 g/mol. The van der Waals surface area contributed by atoms with Gasteiger partial charge in [-0.25, -0.2) is 14.3 Å². The second-order valence-electron chi connectivity index (χ2n) is 7.95. The maximum Gasteiger partial charge on any atom is 0.322 e. The molecule has 3 nitrogen and oxygen atoms in total. The van der Waals surface area contributed by atoms with Crippen LogP contribution in [0, 0.1) is 12.8 Å². The van der Waals surface area contributed by atoms with Crippen molar-refractivity contribution >= 4 is 28.6 Å². The molecular weight excluding hydrogens is 332 g/mol. The van der Waals surface area contributed by atoms with E-state index in [2.05, 4.69) is 54.9 Å². The minimum atomic E-state index is 0.208. The van der Waals surface area contributed by atoms with Gasteiger partial charge in [0.2, 0.25) is 5.82 Å². The van der Waals surface area contributed by atoms with E-state index in [1.165, 1.54) is 16.7 Å². The molecule has 1 amide bonds. The van der Waals surface area contributed by atoms with Gasteiger partial charge in [-0.3, -0.25) is 0 Å². The normalized spacial score (nSPS) is 14.3. The van der Waals surface area contributed by atoms with Crippen LogP contribution in [0.1, 0.15) is 24.0 Å². The van der Waals surface area contributed by atoms with Gasteiger partial charge >= 0.3 is 5.91 Å². The van der Waals surface area contributed by atoms with Crippen molar-refractivity contribution in [2.45, 2.75) is 19.8 Å². The minimum Gasteiger partial charge on any atom is -0.230 e. The van der Waals surface area contributed by atoms with Crippen LogP contribution in [0.2, 0.25) is 0 Å². The fourth-order valence-corrected chi connectivity index (χ4v) is 3.58. The lowest BCUT2D eigenvalue weighted by Crippen LogP contribution is -2.48. The third kappa shape index (κ3) is 3.19. The van der Waals surface area contributed by atoms with E-state index in [1.807, 2.05) is 32.4 Å². The van der Waals surface area contributed by atoms with Gasteiger partial charge in [0, 0.05) is 17.6 Å². The van der Waals surface area contributed by atoms with Gasteiger partial charge in [0.1, 0.15) is 0 Å². The van der Waals surface area contributed by atoms with Gasteiger partial charge in [0.05, 0.1) is 20.0 Å². The van der Waals surface area contributed by atoms with Crippen LogP contribution in [0.5, 0.6) is 0 Å². The van der Waals surface area contributed by atoms with Gasteiger partial charge in [0.15, 0.2) is 0 Å². The van der Waals surface area contributed by atoms with E-state index in [-0.39, 0.29) is 16.3 Å². The number of benzene rings is 2. The summed E-state index contributed by atoms with van der Waals surface area (Å²) in [6.45, 7) is 5.99. The molecule has 2 aromatic carbocycles. The third-order valence-corrected chi connectivity index (χ3v) is 5.57. The van der Waals surface area contributed by atoms with Crippen molar-refractivity contribution in [3.05, 3.63) is 66.4 Å². The maximum absolute atomic E-state index is 12.6. The zero-order chi connectivity index (χ0) is 19.2. The van der Waals surface area contributed by atoms with Crippen molar-refractivity contribution in [3.8, 4) is 11.1 Å². The molecule has 0 atom stereocenters. The Bertz CT molecular complexity index is 1060. The summed E-state index contributed by atoms with van der Waals surface area (Å²) in [5.74, 6) is 1.27. The summed E-state index contributed by atoms with van der Waals surface area (Å²) in [6.07, 6.45) is 5.79. The molecule has 1 aliphatic carbocycles. The highest BCUT2D eigenvalue weighted by Crippen LogP contribution is 2.35. The molecule has 1 fully saturated rings. The molecule has 0 bridgehead atoms. The zero-order valence-electron chi connectivity index (χ0n) is 16.2. The highest BCUT2D eigenvalue weighted by atomic mass is 16.2. The summed E-state index contributed by atoms with van der Waals surface area (Å²) in [6, 6.07) is 14.9. The molecule has 1 heterocycles. The lowest BCUT2D eigenvalue weighted by atomic mass is 9.96. The molecule has 4 rings (SSSR count). The van der Waals surface area contributed by atoms with Crippen LogP contribution in [-0.4, -0.2) is 25.0 Å². The molecule has 0 radical (unpaired) electrons.